The fourth-order valence-electron chi connectivity index (χ4n) is 2.11. The Labute approximate surface area is 109 Å². The van der Waals surface area contributed by atoms with Crippen LogP contribution in [0, 0.1) is 11.3 Å². The van der Waals surface area contributed by atoms with E-state index in [4.69, 9.17) is 5.26 Å². The summed E-state index contributed by atoms with van der Waals surface area (Å²) in [4.78, 5) is 6.69. The van der Waals surface area contributed by atoms with Crippen LogP contribution < -0.4 is 5.32 Å². The number of rotatable bonds is 7. The summed E-state index contributed by atoms with van der Waals surface area (Å²) in [5.41, 5.74) is 1.27. The largest absolute Gasteiger partial charge is 0.370 e. The zero-order valence-electron chi connectivity index (χ0n) is 10.9. The monoisotopic (exact) mass is 244 g/mol. The van der Waals surface area contributed by atoms with Crippen molar-refractivity contribution < 1.29 is 0 Å². The normalized spacial score (nSPS) is 14.5. The maximum Gasteiger partial charge on any atom is 0.126 e. The highest BCUT2D eigenvalue weighted by Crippen LogP contribution is 2.28. The van der Waals surface area contributed by atoms with Crippen molar-refractivity contribution in [2.75, 3.05) is 18.4 Å². The Bertz CT molecular complexity index is 420. The third-order valence-electron chi connectivity index (χ3n) is 3.14. The van der Waals surface area contributed by atoms with E-state index in [1.54, 1.807) is 0 Å². The van der Waals surface area contributed by atoms with Gasteiger partial charge in [0.2, 0.25) is 0 Å². The van der Waals surface area contributed by atoms with Crippen LogP contribution in [0.25, 0.3) is 0 Å². The van der Waals surface area contributed by atoms with Crippen LogP contribution in [0.4, 0.5) is 5.82 Å². The van der Waals surface area contributed by atoms with Gasteiger partial charge < -0.3 is 5.32 Å². The first-order valence-corrected chi connectivity index (χ1v) is 6.63. The number of hydrogen-bond acceptors (Lipinski definition) is 4. The van der Waals surface area contributed by atoms with Gasteiger partial charge in [-0.3, -0.25) is 4.90 Å². The molecule has 1 N–H and O–H groups in total. The molecule has 0 radical (unpaired) electrons. The molecular formula is C14H20N4. The molecule has 0 aromatic carbocycles. The number of nitrogens with one attached hydrogen (secondary N) is 1. The van der Waals surface area contributed by atoms with Crippen molar-refractivity contribution in [1.82, 2.24) is 9.88 Å². The van der Waals surface area contributed by atoms with E-state index in [2.05, 4.69) is 40.3 Å². The molecule has 4 heteroatoms. The lowest BCUT2D eigenvalue weighted by atomic mass is 10.2. The first kappa shape index (κ1) is 12.8. The highest BCUT2D eigenvalue weighted by atomic mass is 15.2. The molecule has 0 amide bonds. The standard InChI is InChI=1S/C14H20N4/c1-2-16-14-10-12(6-8-17-14)11-18(9-3-7-15)13-4-5-13/h6,8,10,13H,2-5,9,11H2,1H3,(H,16,17). The molecule has 1 saturated carbocycles. The molecule has 1 aromatic rings. The predicted molar refractivity (Wildman–Crippen MR) is 72.1 cm³/mol. The van der Waals surface area contributed by atoms with Gasteiger partial charge in [0.05, 0.1) is 6.07 Å². The third-order valence-corrected chi connectivity index (χ3v) is 3.14. The summed E-state index contributed by atoms with van der Waals surface area (Å²) >= 11 is 0. The van der Waals surface area contributed by atoms with Gasteiger partial charge in [-0.25, -0.2) is 4.98 Å². The lowest BCUT2D eigenvalue weighted by Gasteiger charge is -2.20. The number of pyridine rings is 1. The van der Waals surface area contributed by atoms with E-state index in [1.807, 2.05) is 6.20 Å². The average Bonchev–Trinajstić information content (AvgIpc) is 3.19. The molecule has 0 aliphatic heterocycles. The summed E-state index contributed by atoms with van der Waals surface area (Å²) < 4.78 is 0. The molecule has 96 valence electrons. The first-order valence-electron chi connectivity index (χ1n) is 6.63. The Morgan fingerprint density at radius 3 is 3.06 bits per heavy atom. The minimum absolute atomic E-state index is 0.613. The zero-order valence-corrected chi connectivity index (χ0v) is 10.9. The van der Waals surface area contributed by atoms with Crippen LogP contribution in [0.1, 0.15) is 31.7 Å². The highest BCUT2D eigenvalue weighted by molar-refractivity contribution is 5.37. The van der Waals surface area contributed by atoms with Gasteiger partial charge in [0.25, 0.3) is 0 Å². The average molecular weight is 244 g/mol. The van der Waals surface area contributed by atoms with Crippen molar-refractivity contribution in [1.29, 1.82) is 5.26 Å². The number of aromatic nitrogens is 1. The van der Waals surface area contributed by atoms with E-state index in [-0.39, 0.29) is 0 Å². The molecule has 2 rings (SSSR count). The van der Waals surface area contributed by atoms with Crippen LogP contribution in [-0.2, 0) is 6.54 Å². The van der Waals surface area contributed by atoms with Crippen molar-refractivity contribution in [3.05, 3.63) is 23.9 Å². The highest BCUT2D eigenvalue weighted by Gasteiger charge is 2.28. The summed E-state index contributed by atoms with van der Waals surface area (Å²) in [6.45, 7) is 4.75. The maximum atomic E-state index is 8.70. The summed E-state index contributed by atoms with van der Waals surface area (Å²) in [5, 5.41) is 11.9. The van der Waals surface area contributed by atoms with Crippen molar-refractivity contribution >= 4 is 5.82 Å². The topological polar surface area (TPSA) is 52.0 Å². The fourth-order valence-corrected chi connectivity index (χ4v) is 2.11. The second-order valence-corrected chi connectivity index (χ2v) is 4.69. The van der Waals surface area contributed by atoms with Crippen LogP contribution in [0.3, 0.4) is 0 Å². The SMILES string of the molecule is CCNc1cc(CN(CCC#N)C2CC2)ccn1. The van der Waals surface area contributed by atoms with E-state index in [0.29, 0.717) is 12.5 Å². The summed E-state index contributed by atoms with van der Waals surface area (Å²) in [7, 11) is 0. The van der Waals surface area contributed by atoms with Crippen LogP contribution in [-0.4, -0.2) is 29.0 Å². The van der Waals surface area contributed by atoms with E-state index in [9.17, 15) is 0 Å². The maximum absolute atomic E-state index is 8.70. The molecular weight excluding hydrogens is 224 g/mol. The van der Waals surface area contributed by atoms with E-state index in [0.717, 1.165) is 25.5 Å². The second kappa shape index (κ2) is 6.36. The molecule has 4 nitrogen and oxygen atoms in total. The Morgan fingerprint density at radius 2 is 2.39 bits per heavy atom. The lowest BCUT2D eigenvalue weighted by molar-refractivity contribution is 0.261. The van der Waals surface area contributed by atoms with Gasteiger partial charge in [-0.05, 0) is 37.5 Å². The Balaban J connectivity index is 1.97. The van der Waals surface area contributed by atoms with E-state index >= 15 is 0 Å². The van der Waals surface area contributed by atoms with Crippen molar-refractivity contribution in [3.63, 3.8) is 0 Å². The molecule has 0 atom stereocenters. The van der Waals surface area contributed by atoms with Gasteiger partial charge in [-0.1, -0.05) is 0 Å². The number of anilines is 1. The quantitative estimate of drug-likeness (QED) is 0.800. The summed E-state index contributed by atoms with van der Waals surface area (Å²) in [6, 6.07) is 7.08. The summed E-state index contributed by atoms with van der Waals surface area (Å²) in [6.07, 6.45) is 5.01. The molecule has 1 heterocycles. The third kappa shape index (κ3) is 3.71. The van der Waals surface area contributed by atoms with Crippen molar-refractivity contribution in [3.8, 4) is 6.07 Å². The van der Waals surface area contributed by atoms with Crippen LogP contribution in [0.2, 0.25) is 0 Å². The molecule has 1 aromatic heterocycles. The first-order chi connectivity index (χ1) is 8.83. The second-order valence-electron chi connectivity index (χ2n) is 4.69. The van der Waals surface area contributed by atoms with E-state index < -0.39 is 0 Å². The van der Waals surface area contributed by atoms with Gasteiger partial charge in [0, 0.05) is 38.3 Å². The molecule has 1 fully saturated rings. The molecule has 0 spiro atoms. The molecule has 18 heavy (non-hydrogen) atoms. The van der Waals surface area contributed by atoms with Gasteiger partial charge in [0.1, 0.15) is 5.82 Å². The Kier molecular flexibility index (Phi) is 4.54. The minimum atomic E-state index is 0.613. The minimum Gasteiger partial charge on any atom is -0.370 e. The van der Waals surface area contributed by atoms with Crippen LogP contribution >= 0.6 is 0 Å². The molecule has 0 unspecified atom stereocenters. The number of nitrogens with zero attached hydrogens (tertiary/aromatic N) is 3. The molecule has 0 saturated heterocycles. The van der Waals surface area contributed by atoms with Gasteiger partial charge in [-0.15, -0.1) is 0 Å². The lowest BCUT2D eigenvalue weighted by Crippen LogP contribution is -2.26. The van der Waals surface area contributed by atoms with Gasteiger partial charge >= 0.3 is 0 Å². The molecule has 1 aliphatic carbocycles. The van der Waals surface area contributed by atoms with E-state index in [1.165, 1.54) is 18.4 Å². The number of hydrogen-bond donors (Lipinski definition) is 1. The van der Waals surface area contributed by atoms with Gasteiger partial charge in [-0.2, -0.15) is 5.26 Å². The summed E-state index contributed by atoms with van der Waals surface area (Å²) in [5.74, 6) is 0.936. The Hall–Kier alpha value is -1.60. The zero-order chi connectivity index (χ0) is 12.8. The van der Waals surface area contributed by atoms with Crippen LogP contribution in [0.5, 0.6) is 0 Å². The van der Waals surface area contributed by atoms with Crippen molar-refractivity contribution in [2.45, 2.75) is 38.8 Å². The smallest absolute Gasteiger partial charge is 0.126 e. The predicted octanol–water partition coefficient (Wildman–Crippen LogP) is 2.39. The Morgan fingerprint density at radius 1 is 1.56 bits per heavy atom. The van der Waals surface area contributed by atoms with Gasteiger partial charge in [0.15, 0.2) is 0 Å². The van der Waals surface area contributed by atoms with Crippen LogP contribution in [0.15, 0.2) is 18.3 Å². The van der Waals surface area contributed by atoms with Crippen molar-refractivity contribution in [2.24, 2.45) is 0 Å². The number of nitriles is 1. The molecule has 1 aliphatic rings. The molecule has 0 bridgehead atoms. The fraction of sp³-hybridized carbons (Fsp3) is 0.571.